The van der Waals surface area contributed by atoms with Gasteiger partial charge < -0.3 is 9.47 Å². The average Bonchev–Trinajstić information content (AvgIpc) is 2.90. The van der Waals surface area contributed by atoms with E-state index < -0.39 is 0 Å². The first-order chi connectivity index (χ1) is 9.83. The summed E-state index contributed by atoms with van der Waals surface area (Å²) in [7, 11) is 0. The fourth-order valence-corrected chi connectivity index (χ4v) is 6.33. The normalized spacial score (nSPS) is 55.3. The average molecular weight is 292 g/mol. The van der Waals surface area contributed by atoms with Gasteiger partial charge in [-0.25, -0.2) is 0 Å². The standard InChI is InChI=1S/C17H24O4/c1-10-9-11-13-15(2,14(19)20-11)6-4-7-16(13,3)17(10)8-5-12(18)21-17/h10-11,13H,4-9H2,1-3H3/t10-,11-,13?,15+,16?,17-/m1/s1. The molecule has 0 amide bonds. The Morgan fingerprint density at radius 3 is 2.57 bits per heavy atom. The lowest BCUT2D eigenvalue weighted by Crippen LogP contribution is -2.64. The Balaban J connectivity index is 1.86. The number of carbonyl (C=O) groups excluding carboxylic acids is 2. The van der Waals surface area contributed by atoms with Crippen LogP contribution in [0, 0.1) is 22.7 Å². The second kappa shape index (κ2) is 3.82. The van der Waals surface area contributed by atoms with Gasteiger partial charge in [-0.15, -0.1) is 0 Å². The Hall–Kier alpha value is -1.06. The van der Waals surface area contributed by atoms with Gasteiger partial charge in [0.05, 0.1) is 5.41 Å². The van der Waals surface area contributed by atoms with Gasteiger partial charge in [-0.2, -0.15) is 0 Å². The van der Waals surface area contributed by atoms with Gasteiger partial charge in [0.1, 0.15) is 11.7 Å². The van der Waals surface area contributed by atoms with Crippen molar-refractivity contribution in [3.63, 3.8) is 0 Å². The monoisotopic (exact) mass is 292 g/mol. The first kappa shape index (κ1) is 13.6. The molecule has 4 aliphatic rings. The third kappa shape index (κ3) is 1.37. The number of fused-ring (bicyclic) bond motifs is 1. The first-order valence-corrected chi connectivity index (χ1v) is 8.26. The Labute approximate surface area is 125 Å². The van der Waals surface area contributed by atoms with Crippen LogP contribution in [0.1, 0.15) is 59.3 Å². The Bertz CT molecular complexity index is 529. The molecule has 2 unspecified atom stereocenters. The number of carbonyl (C=O) groups is 2. The minimum atomic E-state index is -0.389. The Morgan fingerprint density at radius 1 is 1.14 bits per heavy atom. The Kier molecular flexibility index (Phi) is 2.47. The molecule has 0 bridgehead atoms. The molecule has 2 heterocycles. The van der Waals surface area contributed by atoms with Crippen molar-refractivity contribution in [1.82, 2.24) is 0 Å². The van der Waals surface area contributed by atoms with Crippen LogP contribution in [0.5, 0.6) is 0 Å². The minimum Gasteiger partial charge on any atom is -0.462 e. The number of rotatable bonds is 0. The van der Waals surface area contributed by atoms with E-state index in [1.54, 1.807) is 0 Å². The summed E-state index contributed by atoms with van der Waals surface area (Å²) in [5.41, 5.74) is -0.915. The fourth-order valence-electron chi connectivity index (χ4n) is 6.33. The van der Waals surface area contributed by atoms with Crippen LogP contribution in [0.15, 0.2) is 0 Å². The number of ether oxygens (including phenoxy) is 2. The van der Waals surface area contributed by atoms with E-state index in [0.29, 0.717) is 6.42 Å². The topological polar surface area (TPSA) is 52.6 Å². The molecule has 0 aromatic heterocycles. The molecule has 0 aromatic rings. The zero-order valence-corrected chi connectivity index (χ0v) is 13.1. The van der Waals surface area contributed by atoms with E-state index in [1.807, 2.05) is 0 Å². The lowest BCUT2D eigenvalue weighted by atomic mass is 9.44. The summed E-state index contributed by atoms with van der Waals surface area (Å²) in [4.78, 5) is 24.3. The molecule has 21 heavy (non-hydrogen) atoms. The first-order valence-electron chi connectivity index (χ1n) is 8.26. The molecule has 2 aliphatic heterocycles. The van der Waals surface area contributed by atoms with E-state index in [2.05, 4.69) is 20.8 Å². The van der Waals surface area contributed by atoms with E-state index >= 15 is 0 Å². The van der Waals surface area contributed by atoms with Crippen molar-refractivity contribution in [3.05, 3.63) is 0 Å². The van der Waals surface area contributed by atoms with Crippen molar-refractivity contribution in [2.45, 2.75) is 71.0 Å². The van der Waals surface area contributed by atoms with Crippen molar-refractivity contribution in [2.24, 2.45) is 22.7 Å². The predicted molar refractivity (Wildman–Crippen MR) is 75.3 cm³/mol. The van der Waals surface area contributed by atoms with Gasteiger partial charge in [0.25, 0.3) is 0 Å². The summed E-state index contributed by atoms with van der Waals surface area (Å²) in [5.74, 6) is 0.341. The van der Waals surface area contributed by atoms with Crippen molar-refractivity contribution < 1.29 is 19.1 Å². The maximum Gasteiger partial charge on any atom is 0.312 e. The molecule has 4 nitrogen and oxygen atoms in total. The largest absolute Gasteiger partial charge is 0.462 e. The smallest absolute Gasteiger partial charge is 0.312 e. The highest BCUT2D eigenvalue weighted by Gasteiger charge is 2.73. The molecular formula is C17H24O4. The fraction of sp³-hybridized carbons (Fsp3) is 0.882. The Morgan fingerprint density at radius 2 is 1.90 bits per heavy atom. The van der Waals surface area contributed by atoms with E-state index in [1.165, 1.54) is 0 Å². The van der Waals surface area contributed by atoms with Gasteiger partial charge in [0.15, 0.2) is 0 Å². The van der Waals surface area contributed by atoms with Gasteiger partial charge in [0.2, 0.25) is 0 Å². The highest BCUT2D eigenvalue weighted by molar-refractivity contribution is 5.80. The number of esters is 2. The third-order valence-electron chi connectivity index (χ3n) is 7.21. The minimum absolute atomic E-state index is 0.00715. The van der Waals surface area contributed by atoms with Gasteiger partial charge in [-0.3, -0.25) is 9.59 Å². The molecule has 1 spiro atoms. The zero-order valence-electron chi connectivity index (χ0n) is 13.1. The molecule has 0 radical (unpaired) electrons. The second-order valence-corrected chi connectivity index (χ2v) is 8.11. The van der Waals surface area contributed by atoms with E-state index in [-0.39, 0.29) is 46.3 Å². The predicted octanol–water partition coefficient (Wildman–Crippen LogP) is 2.84. The molecule has 6 atom stereocenters. The molecule has 2 saturated heterocycles. The van der Waals surface area contributed by atoms with E-state index in [0.717, 1.165) is 32.1 Å². The summed E-state index contributed by atoms with van der Waals surface area (Å²) in [5, 5.41) is 0. The van der Waals surface area contributed by atoms with E-state index in [4.69, 9.17) is 9.47 Å². The van der Waals surface area contributed by atoms with Crippen LogP contribution >= 0.6 is 0 Å². The SMILES string of the molecule is C[C@@H]1C[C@H]2OC(=O)[C@@]3(C)CCCC(C)(C23)[C@@]12CCC(=O)O2. The number of hydrogen-bond acceptors (Lipinski definition) is 4. The lowest BCUT2D eigenvalue weighted by molar-refractivity contribution is -0.219. The highest BCUT2D eigenvalue weighted by atomic mass is 16.6. The van der Waals surface area contributed by atoms with Gasteiger partial charge in [-0.05, 0) is 32.6 Å². The summed E-state index contributed by atoms with van der Waals surface area (Å²) in [6.45, 7) is 6.48. The molecule has 4 heteroatoms. The van der Waals surface area contributed by atoms with Crippen LogP contribution in [-0.4, -0.2) is 23.6 Å². The summed E-state index contributed by atoms with van der Waals surface area (Å²) in [6.07, 6.45) is 5.10. The van der Waals surface area contributed by atoms with Crippen molar-refractivity contribution >= 4 is 11.9 Å². The van der Waals surface area contributed by atoms with Crippen molar-refractivity contribution in [2.75, 3.05) is 0 Å². The van der Waals surface area contributed by atoms with Crippen molar-refractivity contribution in [3.8, 4) is 0 Å². The molecule has 4 rings (SSSR count). The quantitative estimate of drug-likeness (QED) is 0.644. The van der Waals surface area contributed by atoms with Crippen LogP contribution in [0.4, 0.5) is 0 Å². The molecule has 2 saturated carbocycles. The molecule has 4 fully saturated rings. The van der Waals surface area contributed by atoms with Crippen LogP contribution in [0.2, 0.25) is 0 Å². The van der Waals surface area contributed by atoms with Gasteiger partial charge in [0, 0.05) is 23.7 Å². The van der Waals surface area contributed by atoms with Crippen molar-refractivity contribution in [1.29, 1.82) is 0 Å². The summed E-state index contributed by atoms with van der Waals surface area (Å²) >= 11 is 0. The lowest BCUT2D eigenvalue weighted by Gasteiger charge is -2.60. The maximum absolute atomic E-state index is 12.5. The summed E-state index contributed by atoms with van der Waals surface area (Å²) in [6, 6.07) is 0. The molecule has 0 N–H and O–H groups in total. The van der Waals surface area contributed by atoms with Crippen LogP contribution in [-0.2, 0) is 19.1 Å². The van der Waals surface area contributed by atoms with Gasteiger partial charge >= 0.3 is 11.9 Å². The third-order valence-corrected chi connectivity index (χ3v) is 7.21. The zero-order chi connectivity index (χ0) is 15.0. The highest BCUT2D eigenvalue weighted by Crippen LogP contribution is 2.68. The number of hydrogen-bond donors (Lipinski definition) is 0. The molecular weight excluding hydrogens is 268 g/mol. The van der Waals surface area contributed by atoms with Crippen LogP contribution in [0.3, 0.4) is 0 Å². The molecule has 2 aliphatic carbocycles. The molecule has 116 valence electrons. The second-order valence-electron chi connectivity index (χ2n) is 8.11. The van der Waals surface area contributed by atoms with Crippen LogP contribution < -0.4 is 0 Å². The molecule has 0 aromatic carbocycles. The maximum atomic E-state index is 12.5. The van der Waals surface area contributed by atoms with Gasteiger partial charge in [-0.1, -0.05) is 20.3 Å². The van der Waals surface area contributed by atoms with E-state index in [9.17, 15) is 9.59 Å². The van der Waals surface area contributed by atoms with Crippen LogP contribution in [0.25, 0.3) is 0 Å². The summed E-state index contributed by atoms with van der Waals surface area (Å²) < 4.78 is 11.7.